The normalized spacial score (nSPS) is 22.1. The second kappa shape index (κ2) is 13.3. The van der Waals surface area contributed by atoms with E-state index in [0.717, 1.165) is 57.8 Å². The van der Waals surface area contributed by atoms with Gasteiger partial charge in [-0.25, -0.2) is 9.78 Å². The molecule has 0 radical (unpaired) electrons. The Labute approximate surface area is 237 Å². The Morgan fingerprint density at radius 1 is 1.03 bits per heavy atom. The van der Waals surface area contributed by atoms with Crippen molar-refractivity contribution in [2.75, 3.05) is 12.3 Å². The lowest BCUT2D eigenvalue weighted by Gasteiger charge is -2.43. The fourth-order valence-corrected chi connectivity index (χ4v) is 7.47. The summed E-state index contributed by atoms with van der Waals surface area (Å²) in [6.07, 6.45) is 12.3. The molecule has 2 aliphatic carbocycles. The van der Waals surface area contributed by atoms with E-state index in [2.05, 4.69) is 15.6 Å². The first-order valence-electron chi connectivity index (χ1n) is 14.9. The van der Waals surface area contributed by atoms with Crippen molar-refractivity contribution in [2.24, 2.45) is 17.8 Å². The zero-order chi connectivity index (χ0) is 28.0. The maximum atomic E-state index is 14.4. The first-order chi connectivity index (χ1) is 18.6. The van der Waals surface area contributed by atoms with Gasteiger partial charge < -0.3 is 26.0 Å². The van der Waals surface area contributed by atoms with Crippen LogP contribution in [0.4, 0.5) is 9.93 Å². The van der Waals surface area contributed by atoms with Crippen LogP contribution in [0.2, 0.25) is 0 Å². The van der Waals surface area contributed by atoms with Crippen LogP contribution >= 0.6 is 11.3 Å². The number of carbonyl (C=O) groups is 3. The molecule has 0 aromatic carbocycles. The van der Waals surface area contributed by atoms with E-state index in [1.807, 2.05) is 26.2 Å². The summed E-state index contributed by atoms with van der Waals surface area (Å²) in [5.74, 6) is 0.493. The molecule has 3 amide bonds. The SMILES string of the molecule is CC(C)(C)OC(=O)N[C@@H](C(=O)N1CCC[C@H]1C(=O)NCc1csc(N)n1)C(C1CCCCC1)C1CCCCC1. The number of carbonyl (C=O) groups excluding carboxylic acids is 3. The van der Waals surface area contributed by atoms with Gasteiger partial charge >= 0.3 is 6.09 Å². The maximum Gasteiger partial charge on any atom is 0.408 e. The van der Waals surface area contributed by atoms with E-state index in [4.69, 9.17) is 10.5 Å². The zero-order valence-corrected chi connectivity index (χ0v) is 24.7. The van der Waals surface area contributed by atoms with Gasteiger partial charge in [0.25, 0.3) is 0 Å². The molecule has 3 aliphatic rings. The predicted octanol–water partition coefficient (Wildman–Crippen LogP) is 5.00. The van der Waals surface area contributed by atoms with Gasteiger partial charge in [-0.05, 0) is 51.4 Å². The van der Waals surface area contributed by atoms with E-state index in [9.17, 15) is 14.4 Å². The molecule has 2 heterocycles. The molecule has 10 heteroatoms. The minimum atomic E-state index is -0.696. The Balaban J connectivity index is 1.57. The molecule has 0 unspecified atom stereocenters. The third-order valence-electron chi connectivity index (χ3n) is 8.56. The van der Waals surface area contributed by atoms with Crippen LogP contribution < -0.4 is 16.4 Å². The Bertz CT molecular complexity index is 963. The van der Waals surface area contributed by atoms with Crippen LogP contribution in [0.25, 0.3) is 0 Å². The maximum absolute atomic E-state index is 14.4. The number of aromatic nitrogens is 1. The van der Waals surface area contributed by atoms with Crippen LogP contribution in [0.15, 0.2) is 5.38 Å². The predicted molar refractivity (Wildman–Crippen MR) is 153 cm³/mol. The van der Waals surface area contributed by atoms with Crippen molar-refractivity contribution in [3.8, 4) is 0 Å². The number of nitrogens with zero attached hydrogens (tertiary/aromatic N) is 2. The Morgan fingerprint density at radius 3 is 2.18 bits per heavy atom. The van der Waals surface area contributed by atoms with Crippen LogP contribution in [-0.4, -0.2) is 52.0 Å². The molecule has 2 saturated carbocycles. The number of nitrogens with one attached hydrogen (secondary N) is 2. The van der Waals surface area contributed by atoms with Gasteiger partial charge in [-0.2, -0.15) is 0 Å². The summed E-state index contributed by atoms with van der Waals surface area (Å²) in [5, 5.41) is 8.30. The number of amides is 3. The average Bonchev–Trinajstić information content (AvgIpc) is 3.56. The van der Waals surface area contributed by atoms with Crippen molar-refractivity contribution in [3.05, 3.63) is 11.1 Å². The number of nitrogens with two attached hydrogens (primary N) is 1. The van der Waals surface area contributed by atoms with Gasteiger partial charge in [0.15, 0.2) is 5.13 Å². The molecule has 1 saturated heterocycles. The molecule has 0 bridgehead atoms. The summed E-state index contributed by atoms with van der Waals surface area (Å²) < 4.78 is 5.65. The lowest BCUT2D eigenvalue weighted by molar-refractivity contribution is -0.142. The number of ether oxygens (including phenoxy) is 1. The van der Waals surface area contributed by atoms with Crippen LogP contribution in [-0.2, 0) is 20.9 Å². The lowest BCUT2D eigenvalue weighted by Crippen LogP contribution is -2.58. The Morgan fingerprint density at radius 2 is 1.64 bits per heavy atom. The van der Waals surface area contributed by atoms with Crippen molar-refractivity contribution in [2.45, 2.75) is 122 Å². The second-order valence-electron chi connectivity index (χ2n) is 12.6. The summed E-state index contributed by atoms with van der Waals surface area (Å²) in [6, 6.07) is -1.26. The van der Waals surface area contributed by atoms with Gasteiger partial charge in [0.05, 0.1) is 12.2 Å². The van der Waals surface area contributed by atoms with E-state index in [0.29, 0.717) is 35.6 Å². The smallest absolute Gasteiger partial charge is 0.408 e. The molecule has 218 valence electrons. The van der Waals surface area contributed by atoms with Gasteiger partial charge in [-0.15, -0.1) is 11.3 Å². The highest BCUT2D eigenvalue weighted by Gasteiger charge is 2.46. The number of alkyl carbamates (subject to hydrolysis) is 1. The molecular weight excluding hydrogens is 514 g/mol. The third-order valence-corrected chi connectivity index (χ3v) is 9.29. The van der Waals surface area contributed by atoms with Crippen molar-refractivity contribution in [3.63, 3.8) is 0 Å². The molecule has 9 nitrogen and oxygen atoms in total. The number of likely N-dealkylation sites (tertiary alicyclic amines) is 1. The number of nitrogen functional groups attached to an aromatic ring is 1. The van der Waals surface area contributed by atoms with E-state index in [1.54, 1.807) is 4.90 Å². The lowest BCUT2D eigenvalue weighted by atomic mass is 9.66. The first kappa shape index (κ1) is 29.6. The summed E-state index contributed by atoms with van der Waals surface area (Å²) in [7, 11) is 0. The van der Waals surface area contributed by atoms with E-state index in [1.165, 1.54) is 24.2 Å². The molecule has 1 aromatic rings. The quantitative estimate of drug-likeness (QED) is 0.410. The minimum absolute atomic E-state index is 0.0490. The van der Waals surface area contributed by atoms with Gasteiger partial charge in [-0.3, -0.25) is 9.59 Å². The molecule has 0 spiro atoms. The fourth-order valence-electron chi connectivity index (χ4n) is 6.91. The Hall–Kier alpha value is -2.36. The van der Waals surface area contributed by atoms with Crippen LogP contribution in [0.5, 0.6) is 0 Å². The second-order valence-corrected chi connectivity index (χ2v) is 13.5. The van der Waals surface area contributed by atoms with Gasteiger partial charge in [0.1, 0.15) is 17.7 Å². The van der Waals surface area contributed by atoms with Crippen LogP contribution in [0.1, 0.15) is 104 Å². The highest BCUT2D eigenvalue weighted by Crippen LogP contribution is 2.42. The van der Waals surface area contributed by atoms with Gasteiger partial charge in [-0.1, -0.05) is 64.2 Å². The number of rotatable bonds is 8. The zero-order valence-electron chi connectivity index (χ0n) is 23.9. The average molecular weight is 562 g/mol. The van der Waals surface area contributed by atoms with Crippen molar-refractivity contribution >= 4 is 34.4 Å². The number of hydrogen-bond donors (Lipinski definition) is 3. The van der Waals surface area contributed by atoms with E-state index < -0.39 is 23.8 Å². The monoisotopic (exact) mass is 561 g/mol. The number of thiazole rings is 1. The molecule has 4 rings (SSSR count). The topological polar surface area (TPSA) is 127 Å². The summed E-state index contributed by atoms with van der Waals surface area (Å²) in [6.45, 7) is 6.28. The van der Waals surface area contributed by atoms with Crippen LogP contribution in [0, 0.1) is 17.8 Å². The summed E-state index contributed by atoms with van der Waals surface area (Å²) in [4.78, 5) is 46.8. The molecule has 4 N–H and O–H groups in total. The summed E-state index contributed by atoms with van der Waals surface area (Å²) in [5.41, 5.74) is 5.77. The Kier molecular flexibility index (Phi) is 10.1. The highest BCUT2D eigenvalue weighted by molar-refractivity contribution is 7.13. The minimum Gasteiger partial charge on any atom is -0.444 e. The number of anilines is 1. The van der Waals surface area contributed by atoms with Crippen molar-refractivity contribution in [1.29, 1.82) is 0 Å². The molecule has 39 heavy (non-hydrogen) atoms. The van der Waals surface area contributed by atoms with Gasteiger partial charge in [0, 0.05) is 11.9 Å². The fraction of sp³-hybridized carbons (Fsp3) is 0.793. The molecule has 2 atom stereocenters. The van der Waals surface area contributed by atoms with E-state index >= 15 is 0 Å². The summed E-state index contributed by atoms with van der Waals surface area (Å²) >= 11 is 1.34. The van der Waals surface area contributed by atoms with Crippen LogP contribution in [0.3, 0.4) is 0 Å². The van der Waals surface area contributed by atoms with E-state index in [-0.39, 0.29) is 24.3 Å². The standard InChI is InChI=1S/C29H47N5O4S/c1-29(2,3)38-28(37)33-24(23(19-11-6-4-7-12-19)20-13-8-5-9-14-20)26(36)34-16-10-15-22(34)25(35)31-17-21-18-39-27(30)32-21/h18-20,22-24H,4-17H2,1-3H3,(H2,30,32)(H,31,35)(H,33,37)/t22-,24+/m0/s1. The third kappa shape index (κ3) is 8.08. The first-order valence-corrected chi connectivity index (χ1v) is 15.8. The molecule has 3 fully saturated rings. The molecular formula is C29H47N5O4S. The molecule has 1 aliphatic heterocycles. The van der Waals surface area contributed by atoms with Crippen molar-refractivity contribution in [1.82, 2.24) is 20.5 Å². The molecule has 1 aromatic heterocycles. The number of hydrogen-bond acceptors (Lipinski definition) is 7. The van der Waals surface area contributed by atoms with Gasteiger partial charge in [0.2, 0.25) is 11.8 Å². The largest absolute Gasteiger partial charge is 0.444 e. The van der Waals surface area contributed by atoms with Crippen molar-refractivity contribution < 1.29 is 19.1 Å². The highest BCUT2D eigenvalue weighted by atomic mass is 32.1.